The number of hydrogen-bond donors (Lipinski definition) is 2. The quantitative estimate of drug-likeness (QED) is 0.525. The molecule has 0 unspecified atom stereocenters. The average molecular weight is 379 g/mol. The van der Waals surface area contributed by atoms with Gasteiger partial charge in [-0.2, -0.15) is 4.99 Å². The predicted molar refractivity (Wildman–Crippen MR) is 111 cm³/mol. The van der Waals surface area contributed by atoms with Gasteiger partial charge >= 0.3 is 0 Å². The highest BCUT2D eigenvalue weighted by molar-refractivity contribution is 6.11. The predicted octanol–water partition coefficient (Wildman–Crippen LogP) is 3.42. The Morgan fingerprint density at radius 2 is 1.89 bits per heavy atom. The Kier molecular flexibility index (Phi) is 5.41. The van der Waals surface area contributed by atoms with Crippen LogP contribution in [0.5, 0.6) is 0 Å². The van der Waals surface area contributed by atoms with Crippen LogP contribution in [0.1, 0.15) is 42.1 Å². The molecule has 146 valence electrons. The highest BCUT2D eigenvalue weighted by atomic mass is 16.5. The van der Waals surface area contributed by atoms with Crippen LogP contribution >= 0.6 is 0 Å². The Morgan fingerprint density at radius 1 is 1.14 bits per heavy atom. The Hall–Kier alpha value is -2.70. The molecular formula is C22H25N3O3. The summed E-state index contributed by atoms with van der Waals surface area (Å²) in [6.07, 6.45) is 2.82. The monoisotopic (exact) mass is 379 g/mol. The van der Waals surface area contributed by atoms with Gasteiger partial charge < -0.3 is 20.1 Å². The molecule has 28 heavy (non-hydrogen) atoms. The smallest absolute Gasteiger partial charge is 0.278 e. The standard InChI is InChI=1S/C22H25N3O3/c23-21(6-3-11-26)24-22(27)15-7-8-18-17-4-1-2-5-19(17)25(20(18)14-15)16-9-12-28-13-10-16/h1-2,4-5,7-8,14,16,26H,3,6,9-13H2,(H2,23,24,27). The number of rotatable bonds is 5. The number of para-hydroxylation sites is 1. The van der Waals surface area contributed by atoms with Crippen molar-refractivity contribution in [2.75, 3.05) is 19.8 Å². The fraction of sp³-hybridized carbons (Fsp3) is 0.364. The Balaban J connectivity index is 1.80. The van der Waals surface area contributed by atoms with Gasteiger partial charge in [0.2, 0.25) is 0 Å². The number of hydrogen-bond acceptors (Lipinski definition) is 3. The first-order valence-electron chi connectivity index (χ1n) is 9.77. The van der Waals surface area contributed by atoms with Crippen LogP contribution in [0, 0.1) is 0 Å². The number of aliphatic imine (C=N–C) groups is 1. The van der Waals surface area contributed by atoms with Gasteiger partial charge in [0.25, 0.3) is 5.91 Å². The molecule has 0 atom stereocenters. The molecular weight excluding hydrogens is 354 g/mol. The molecule has 1 aliphatic rings. The molecule has 4 rings (SSSR count). The number of aromatic nitrogens is 1. The molecule has 0 bridgehead atoms. The first-order valence-corrected chi connectivity index (χ1v) is 9.77. The van der Waals surface area contributed by atoms with Crippen molar-refractivity contribution in [2.24, 2.45) is 10.7 Å². The second-order valence-electron chi connectivity index (χ2n) is 7.20. The van der Waals surface area contributed by atoms with E-state index in [0.717, 1.165) is 37.0 Å². The number of benzene rings is 2. The minimum Gasteiger partial charge on any atom is -0.396 e. The van der Waals surface area contributed by atoms with Crippen molar-refractivity contribution in [3.05, 3.63) is 48.0 Å². The number of nitrogens with zero attached hydrogens (tertiary/aromatic N) is 2. The molecule has 2 aromatic carbocycles. The van der Waals surface area contributed by atoms with Gasteiger partial charge in [0, 0.05) is 54.1 Å². The molecule has 0 aliphatic carbocycles. The van der Waals surface area contributed by atoms with Gasteiger partial charge in [-0.3, -0.25) is 4.79 Å². The van der Waals surface area contributed by atoms with E-state index in [1.54, 1.807) is 0 Å². The van der Waals surface area contributed by atoms with E-state index in [2.05, 4.69) is 27.8 Å². The zero-order valence-corrected chi connectivity index (χ0v) is 15.8. The van der Waals surface area contributed by atoms with E-state index in [1.807, 2.05) is 24.3 Å². The van der Waals surface area contributed by atoms with Crippen LogP contribution in [0.3, 0.4) is 0 Å². The molecule has 0 saturated carbocycles. The summed E-state index contributed by atoms with van der Waals surface area (Å²) in [4.78, 5) is 16.6. The average Bonchev–Trinajstić information content (AvgIpc) is 3.06. The number of aliphatic hydroxyl groups excluding tert-OH is 1. The third-order valence-electron chi connectivity index (χ3n) is 5.35. The molecule has 1 aromatic heterocycles. The maximum absolute atomic E-state index is 12.6. The summed E-state index contributed by atoms with van der Waals surface area (Å²) >= 11 is 0. The summed E-state index contributed by atoms with van der Waals surface area (Å²) < 4.78 is 7.89. The van der Waals surface area contributed by atoms with Crippen LogP contribution in [0.25, 0.3) is 21.8 Å². The zero-order valence-electron chi connectivity index (χ0n) is 15.8. The van der Waals surface area contributed by atoms with Crippen molar-refractivity contribution in [3.8, 4) is 0 Å². The lowest BCUT2D eigenvalue weighted by atomic mass is 10.1. The van der Waals surface area contributed by atoms with Crippen LogP contribution in [0.4, 0.5) is 0 Å². The molecule has 1 saturated heterocycles. The van der Waals surface area contributed by atoms with Crippen molar-refractivity contribution in [1.29, 1.82) is 0 Å². The van der Waals surface area contributed by atoms with Crippen LogP contribution in [-0.2, 0) is 4.74 Å². The normalized spacial score (nSPS) is 16.1. The third-order valence-corrected chi connectivity index (χ3v) is 5.35. The van der Waals surface area contributed by atoms with E-state index in [-0.39, 0.29) is 18.3 Å². The van der Waals surface area contributed by atoms with Crippen LogP contribution in [0.2, 0.25) is 0 Å². The van der Waals surface area contributed by atoms with Crippen molar-refractivity contribution < 1.29 is 14.6 Å². The summed E-state index contributed by atoms with van der Waals surface area (Å²) in [5, 5.41) is 11.2. The van der Waals surface area contributed by atoms with Crippen molar-refractivity contribution in [1.82, 2.24) is 4.57 Å². The van der Waals surface area contributed by atoms with Crippen LogP contribution in [-0.4, -0.2) is 41.2 Å². The maximum Gasteiger partial charge on any atom is 0.278 e. The molecule has 3 N–H and O–H groups in total. The molecule has 1 amide bonds. The zero-order chi connectivity index (χ0) is 19.5. The number of carbonyl (C=O) groups excluding carboxylic acids is 1. The minimum absolute atomic E-state index is 0.0293. The number of amidine groups is 1. The second kappa shape index (κ2) is 8.12. The van der Waals surface area contributed by atoms with Gasteiger partial charge in [-0.1, -0.05) is 24.3 Å². The van der Waals surface area contributed by atoms with Crippen molar-refractivity contribution >= 4 is 33.5 Å². The summed E-state index contributed by atoms with van der Waals surface area (Å²) in [5.41, 5.74) is 8.57. The number of amides is 1. The molecule has 6 heteroatoms. The Labute approximate surface area is 163 Å². The number of ether oxygens (including phenoxy) is 1. The first kappa shape index (κ1) is 18.7. The number of carbonyl (C=O) groups is 1. The number of fused-ring (bicyclic) bond motifs is 3. The summed E-state index contributed by atoms with van der Waals surface area (Å²) in [5.74, 6) is -0.0924. The first-order chi connectivity index (χ1) is 13.7. The van der Waals surface area contributed by atoms with Crippen LogP contribution < -0.4 is 5.73 Å². The lowest BCUT2D eigenvalue weighted by molar-refractivity contribution is 0.0717. The van der Waals surface area contributed by atoms with Gasteiger partial charge in [0.05, 0.1) is 5.52 Å². The maximum atomic E-state index is 12.6. The summed E-state index contributed by atoms with van der Waals surface area (Å²) in [6.45, 7) is 1.54. The topological polar surface area (TPSA) is 89.8 Å². The molecule has 0 radical (unpaired) electrons. The molecule has 1 aliphatic heterocycles. The van der Waals surface area contributed by atoms with E-state index in [0.29, 0.717) is 24.4 Å². The van der Waals surface area contributed by atoms with Gasteiger partial charge in [0.15, 0.2) is 0 Å². The SMILES string of the molecule is NC(CCCO)=NC(=O)c1ccc2c3ccccc3n(C3CCOCC3)c2c1. The fourth-order valence-corrected chi connectivity index (χ4v) is 3.98. The Bertz CT molecular complexity index is 1030. The largest absolute Gasteiger partial charge is 0.396 e. The number of nitrogens with two attached hydrogens (primary N) is 1. The molecule has 2 heterocycles. The van der Waals surface area contributed by atoms with Gasteiger partial charge in [-0.05, 0) is 37.5 Å². The lowest BCUT2D eigenvalue weighted by Crippen LogP contribution is -2.19. The van der Waals surface area contributed by atoms with E-state index in [9.17, 15) is 4.79 Å². The van der Waals surface area contributed by atoms with Crippen molar-refractivity contribution in [3.63, 3.8) is 0 Å². The van der Waals surface area contributed by atoms with Crippen LogP contribution in [0.15, 0.2) is 47.5 Å². The highest BCUT2D eigenvalue weighted by Gasteiger charge is 2.21. The lowest BCUT2D eigenvalue weighted by Gasteiger charge is -2.25. The van der Waals surface area contributed by atoms with E-state index in [4.69, 9.17) is 15.6 Å². The fourth-order valence-electron chi connectivity index (χ4n) is 3.98. The minimum atomic E-state index is -0.346. The third kappa shape index (κ3) is 3.53. The van der Waals surface area contributed by atoms with E-state index >= 15 is 0 Å². The second-order valence-corrected chi connectivity index (χ2v) is 7.20. The Morgan fingerprint density at radius 3 is 2.68 bits per heavy atom. The van der Waals surface area contributed by atoms with E-state index in [1.165, 1.54) is 10.9 Å². The highest BCUT2D eigenvalue weighted by Crippen LogP contribution is 2.35. The summed E-state index contributed by atoms with van der Waals surface area (Å²) in [6, 6.07) is 14.4. The van der Waals surface area contributed by atoms with Gasteiger partial charge in [0.1, 0.15) is 5.84 Å². The molecule has 3 aromatic rings. The molecule has 1 fully saturated rings. The molecule has 6 nitrogen and oxygen atoms in total. The molecule has 0 spiro atoms. The van der Waals surface area contributed by atoms with Crippen molar-refractivity contribution in [2.45, 2.75) is 31.7 Å². The number of aliphatic hydroxyl groups is 1. The summed E-state index contributed by atoms with van der Waals surface area (Å²) in [7, 11) is 0. The van der Waals surface area contributed by atoms with Gasteiger partial charge in [-0.15, -0.1) is 0 Å². The van der Waals surface area contributed by atoms with E-state index < -0.39 is 0 Å². The van der Waals surface area contributed by atoms with Gasteiger partial charge in [-0.25, -0.2) is 0 Å².